The second kappa shape index (κ2) is 14.4. The lowest BCUT2D eigenvalue weighted by molar-refractivity contribution is 0.486. The fourth-order valence-corrected chi connectivity index (χ4v) is 17.0. The number of rotatable bonds is 4. The summed E-state index contributed by atoms with van der Waals surface area (Å²) in [5, 5.41) is 7.75. The standard InChI is InChI=1S/C60H40BNOS2/c1-3-17-41(18-4-1)65(42-19-5-2-6-20-42)57-32-14-12-26-50(57)62(52-27-15-30-55-59(52)61-49-25-11-13-28-53(49)63-54-29-16-31-56(64-55)60(54)61)51-36-34-40(38-58(51)65)39-33-35-47-45-23-8-7-21-43(45)44-22-9-10-24-46(44)48(47)37-39/h1-13,15-31,33-38H,14,32H2. The smallest absolute Gasteiger partial charge is 0.256 e. The molecule has 3 heterocycles. The topological polar surface area (TPSA) is 12.5 Å². The van der Waals surface area contributed by atoms with Crippen molar-refractivity contribution in [1.82, 2.24) is 0 Å². The zero-order valence-corrected chi connectivity index (χ0v) is 37.1. The third-order valence-electron chi connectivity index (χ3n) is 14.1. The van der Waals surface area contributed by atoms with Gasteiger partial charge in [0.1, 0.15) is 11.5 Å². The summed E-state index contributed by atoms with van der Waals surface area (Å²) in [6.07, 6.45) is 6.80. The van der Waals surface area contributed by atoms with E-state index in [-0.39, 0.29) is 6.71 Å². The molecule has 0 N–H and O–H groups in total. The predicted octanol–water partition coefficient (Wildman–Crippen LogP) is 14.9. The maximum atomic E-state index is 6.67. The lowest BCUT2D eigenvalue weighted by atomic mass is 9.35. The van der Waals surface area contributed by atoms with E-state index in [4.69, 9.17) is 4.74 Å². The molecule has 10 aromatic carbocycles. The summed E-state index contributed by atoms with van der Waals surface area (Å²) in [5.74, 6) is 1.89. The highest BCUT2D eigenvalue weighted by Gasteiger charge is 2.47. The SMILES string of the molecule is C1=CC2=C(CC1)S(c1ccccc1)(c1ccccc1)c1cc(-c3ccc4c5ccccc5c5ccccc5c4c3)ccc1N2c1cccc2c1B1c3ccccc3Oc3cccc(c31)S2. The van der Waals surface area contributed by atoms with Crippen molar-refractivity contribution in [2.75, 3.05) is 4.90 Å². The van der Waals surface area contributed by atoms with Gasteiger partial charge in [-0.15, -0.1) is 10.0 Å². The van der Waals surface area contributed by atoms with Crippen molar-refractivity contribution >= 4 is 88.6 Å². The summed E-state index contributed by atoms with van der Waals surface area (Å²) >= 11 is 1.87. The first-order valence-electron chi connectivity index (χ1n) is 22.6. The van der Waals surface area contributed by atoms with Crippen LogP contribution in [0.2, 0.25) is 0 Å². The Morgan fingerprint density at radius 1 is 0.477 bits per heavy atom. The van der Waals surface area contributed by atoms with Gasteiger partial charge in [-0.2, -0.15) is 0 Å². The molecule has 3 aliphatic heterocycles. The Bertz CT molecular complexity index is 3600. The van der Waals surface area contributed by atoms with E-state index in [0.29, 0.717) is 0 Å². The number of hydrogen-bond donors (Lipinski definition) is 0. The van der Waals surface area contributed by atoms with Crippen molar-refractivity contribution in [2.24, 2.45) is 0 Å². The molecule has 4 aliphatic rings. The second-order valence-corrected chi connectivity index (χ2v) is 21.6. The Kier molecular flexibility index (Phi) is 8.26. The molecule has 65 heavy (non-hydrogen) atoms. The van der Waals surface area contributed by atoms with Crippen molar-refractivity contribution in [3.05, 3.63) is 229 Å². The van der Waals surface area contributed by atoms with E-state index in [2.05, 4.69) is 223 Å². The molecule has 306 valence electrons. The van der Waals surface area contributed by atoms with Gasteiger partial charge in [-0.1, -0.05) is 151 Å². The van der Waals surface area contributed by atoms with Crippen LogP contribution in [0.25, 0.3) is 43.4 Å². The van der Waals surface area contributed by atoms with E-state index < -0.39 is 10.0 Å². The van der Waals surface area contributed by atoms with Crippen LogP contribution in [0.1, 0.15) is 12.8 Å². The van der Waals surface area contributed by atoms with E-state index in [0.717, 1.165) is 24.3 Å². The van der Waals surface area contributed by atoms with E-state index >= 15 is 0 Å². The number of hydrogen-bond acceptors (Lipinski definition) is 3. The van der Waals surface area contributed by atoms with Crippen molar-refractivity contribution < 1.29 is 4.74 Å². The van der Waals surface area contributed by atoms with Crippen LogP contribution in [-0.4, -0.2) is 6.71 Å². The molecule has 0 radical (unpaired) electrons. The number of benzene rings is 10. The van der Waals surface area contributed by atoms with Crippen LogP contribution in [0.15, 0.2) is 253 Å². The molecule has 0 amide bonds. The number of ether oxygens (including phenoxy) is 1. The lowest BCUT2D eigenvalue weighted by Crippen LogP contribution is -2.58. The van der Waals surface area contributed by atoms with Crippen molar-refractivity contribution in [1.29, 1.82) is 0 Å². The summed E-state index contributed by atoms with van der Waals surface area (Å²) < 4.78 is 6.67. The van der Waals surface area contributed by atoms with Crippen molar-refractivity contribution in [2.45, 2.75) is 37.3 Å². The average molecular weight is 866 g/mol. The Morgan fingerprint density at radius 2 is 1.06 bits per heavy atom. The summed E-state index contributed by atoms with van der Waals surface area (Å²) in [4.78, 5) is 10.8. The highest BCUT2D eigenvalue weighted by atomic mass is 32.3. The number of para-hydroxylation sites is 1. The highest BCUT2D eigenvalue weighted by molar-refractivity contribution is 8.37. The molecule has 0 bridgehead atoms. The fraction of sp³-hybridized carbons (Fsp3) is 0.0333. The third-order valence-corrected chi connectivity index (χ3v) is 19.3. The molecular formula is C60H40BNOS2. The maximum Gasteiger partial charge on any atom is 0.256 e. The van der Waals surface area contributed by atoms with Crippen LogP contribution in [0, 0.1) is 0 Å². The minimum absolute atomic E-state index is 0.0173. The molecule has 10 aromatic rings. The fourth-order valence-electron chi connectivity index (χ4n) is 11.4. The van der Waals surface area contributed by atoms with Crippen molar-refractivity contribution in [3.63, 3.8) is 0 Å². The van der Waals surface area contributed by atoms with E-state index in [9.17, 15) is 0 Å². The van der Waals surface area contributed by atoms with Gasteiger partial charge < -0.3 is 9.64 Å². The average Bonchev–Trinajstić information content (AvgIpc) is 3.38. The molecule has 0 saturated carbocycles. The monoisotopic (exact) mass is 865 g/mol. The maximum absolute atomic E-state index is 6.67. The Balaban J connectivity index is 1.07. The summed E-state index contributed by atoms with van der Waals surface area (Å²) in [6, 6.07) is 77.4. The molecule has 0 atom stereocenters. The van der Waals surface area contributed by atoms with Crippen LogP contribution in [-0.2, 0) is 0 Å². The van der Waals surface area contributed by atoms with Gasteiger partial charge in [0.15, 0.2) is 0 Å². The molecule has 0 spiro atoms. The normalized spacial score (nSPS) is 15.8. The van der Waals surface area contributed by atoms with E-state index in [1.165, 1.54) is 106 Å². The van der Waals surface area contributed by atoms with Crippen LogP contribution in [0.5, 0.6) is 11.5 Å². The first-order valence-corrected chi connectivity index (χ1v) is 25.0. The highest BCUT2D eigenvalue weighted by Crippen LogP contribution is 2.79. The molecule has 0 aromatic heterocycles. The first-order chi connectivity index (χ1) is 32.3. The van der Waals surface area contributed by atoms with Crippen molar-refractivity contribution in [3.8, 4) is 22.6 Å². The zero-order valence-electron chi connectivity index (χ0n) is 35.4. The molecule has 1 aliphatic carbocycles. The third kappa shape index (κ3) is 5.34. The lowest BCUT2D eigenvalue weighted by Gasteiger charge is -2.52. The Morgan fingerprint density at radius 3 is 1.80 bits per heavy atom. The van der Waals surface area contributed by atoms with E-state index in [1.54, 1.807) is 0 Å². The van der Waals surface area contributed by atoms with Gasteiger partial charge in [0.05, 0.1) is 11.4 Å². The Labute approximate surface area is 384 Å². The molecule has 0 unspecified atom stereocenters. The first kappa shape index (κ1) is 37.2. The van der Waals surface area contributed by atoms with Gasteiger partial charge in [-0.3, -0.25) is 0 Å². The van der Waals surface area contributed by atoms with Gasteiger partial charge >= 0.3 is 0 Å². The molecule has 14 rings (SSSR count). The summed E-state index contributed by atoms with van der Waals surface area (Å²) in [6.45, 7) is 0.0173. The van der Waals surface area contributed by atoms with Gasteiger partial charge in [0, 0.05) is 35.1 Å². The molecule has 5 heteroatoms. The van der Waals surface area contributed by atoms with Crippen LogP contribution >= 0.6 is 21.8 Å². The number of fused-ring (bicyclic) bond motifs is 11. The summed E-state index contributed by atoms with van der Waals surface area (Å²) in [5.41, 5.74) is 10.0. The number of allylic oxidation sites excluding steroid dienone is 3. The van der Waals surface area contributed by atoms with Gasteiger partial charge in [-0.05, 0) is 152 Å². The van der Waals surface area contributed by atoms with Crippen LogP contribution in [0.3, 0.4) is 0 Å². The Hall–Kier alpha value is -7.18. The zero-order chi connectivity index (χ0) is 42.6. The molecule has 0 saturated heterocycles. The molecular weight excluding hydrogens is 826 g/mol. The van der Waals surface area contributed by atoms with Gasteiger partial charge in [0.25, 0.3) is 6.71 Å². The summed E-state index contributed by atoms with van der Waals surface area (Å²) in [7, 11) is -1.96. The van der Waals surface area contributed by atoms with Gasteiger partial charge in [-0.25, -0.2) is 0 Å². The van der Waals surface area contributed by atoms with Crippen LogP contribution in [0.4, 0.5) is 11.4 Å². The number of anilines is 2. The minimum Gasteiger partial charge on any atom is -0.458 e. The van der Waals surface area contributed by atoms with Gasteiger partial charge in [0.2, 0.25) is 0 Å². The van der Waals surface area contributed by atoms with E-state index in [1.807, 2.05) is 11.8 Å². The second-order valence-electron chi connectivity index (χ2n) is 17.4. The quantitative estimate of drug-likeness (QED) is 0.129. The predicted molar refractivity (Wildman–Crippen MR) is 275 cm³/mol. The molecule has 2 nitrogen and oxygen atoms in total. The minimum atomic E-state index is -1.96. The molecule has 0 fully saturated rings. The van der Waals surface area contributed by atoms with Crippen LogP contribution < -0.4 is 26.0 Å². The largest absolute Gasteiger partial charge is 0.458 e. The number of nitrogens with zero attached hydrogens (tertiary/aromatic N) is 1.